The van der Waals surface area contributed by atoms with Crippen molar-refractivity contribution in [3.05, 3.63) is 34.4 Å². The summed E-state index contributed by atoms with van der Waals surface area (Å²) in [7, 11) is 0. The van der Waals surface area contributed by atoms with Gasteiger partial charge >= 0.3 is 0 Å². The number of aryl methyl sites for hydroxylation is 1. The second-order valence-corrected chi connectivity index (χ2v) is 3.92. The molecule has 2 N–H and O–H groups in total. The quantitative estimate of drug-likeness (QED) is 0.915. The Hall–Kier alpha value is -1.46. The zero-order valence-electron chi connectivity index (χ0n) is 9.20. The lowest BCUT2D eigenvalue weighted by atomic mass is 10.1. The lowest BCUT2D eigenvalue weighted by Gasteiger charge is -2.03. The SMILES string of the molecule is CCc1cc(Cl)c(F)c(-c2noc(CN)n2)c1. The molecule has 1 aromatic carbocycles. The van der Waals surface area contributed by atoms with Gasteiger partial charge in [-0.25, -0.2) is 4.39 Å². The number of aromatic nitrogens is 2. The maximum Gasteiger partial charge on any atom is 0.240 e. The Labute approximate surface area is 103 Å². The van der Waals surface area contributed by atoms with E-state index in [0.717, 1.165) is 12.0 Å². The van der Waals surface area contributed by atoms with Crippen molar-refractivity contribution in [2.45, 2.75) is 19.9 Å². The Bertz CT molecular complexity index is 542. The molecule has 0 aliphatic carbocycles. The number of hydrogen-bond donors (Lipinski definition) is 1. The summed E-state index contributed by atoms with van der Waals surface area (Å²) in [4.78, 5) is 3.97. The average Bonchev–Trinajstić information content (AvgIpc) is 2.81. The Morgan fingerprint density at radius 2 is 2.24 bits per heavy atom. The van der Waals surface area contributed by atoms with Gasteiger partial charge in [0.05, 0.1) is 17.1 Å². The van der Waals surface area contributed by atoms with Gasteiger partial charge in [0.2, 0.25) is 11.7 Å². The Morgan fingerprint density at radius 1 is 1.47 bits per heavy atom. The number of nitrogens with two attached hydrogens (primary N) is 1. The fourth-order valence-electron chi connectivity index (χ4n) is 1.46. The number of rotatable bonds is 3. The highest BCUT2D eigenvalue weighted by Gasteiger charge is 2.15. The van der Waals surface area contributed by atoms with Gasteiger partial charge in [0.25, 0.3) is 0 Å². The first-order valence-corrected chi connectivity index (χ1v) is 5.54. The molecule has 0 fully saturated rings. The van der Waals surface area contributed by atoms with Crippen LogP contribution in [0.5, 0.6) is 0 Å². The van der Waals surface area contributed by atoms with Gasteiger partial charge in [-0.05, 0) is 24.1 Å². The lowest BCUT2D eigenvalue weighted by molar-refractivity contribution is 0.380. The average molecular weight is 256 g/mol. The van der Waals surface area contributed by atoms with Crippen molar-refractivity contribution >= 4 is 11.6 Å². The summed E-state index contributed by atoms with van der Waals surface area (Å²) < 4.78 is 18.7. The largest absolute Gasteiger partial charge is 0.338 e. The molecule has 1 heterocycles. The summed E-state index contributed by atoms with van der Waals surface area (Å²) in [5, 5.41) is 3.72. The monoisotopic (exact) mass is 255 g/mol. The van der Waals surface area contributed by atoms with E-state index in [1.807, 2.05) is 6.92 Å². The fourth-order valence-corrected chi connectivity index (χ4v) is 1.70. The first-order chi connectivity index (χ1) is 8.15. The number of nitrogens with zero attached hydrogens (tertiary/aromatic N) is 2. The van der Waals surface area contributed by atoms with Crippen LogP contribution in [-0.4, -0.2) is 10.1 Å². The van der Waals surface area contributed by atoms with Gasteiger partial charge in [-0.2, -0.15) is 4.98 Å². The third kappa shape index (κ3) is 2.30. The summed E-state index contributed by atoms with van der Waals surface area (Å²) in [6.07, 6.45) is 0.745. The van der Waals surface area contributed by atoms with Gasteiger partial charge < -0.3 is 10.3 Å². The van der Waals surface area contributed by atoms with Gasteiger partial charge in [0.15, 0.2) is 5.82 Å². The smallest absolute Gasteiger partial charge is 0.240 e. The van der Waals surface area contributed by atoms with Gasteiger partial charge in [-0.15, -0.1) is 0 Å². The topological polar surface area (TPSA) is 64.9 Å². The molecule has 0 radical (unpaired) electrons. The molecule has 0 amide bonds. The summed E-state index contributed by atoms with van der Waals surface area (Å²) in [6, 6.07) is 3.25. The first kappa shape index (κ1) is 12.0. The molecule has 0 spiro atoms. The zero-order chi connectivity index (χ0) is 12.4. The molecular weight excluding hydrogens is 245 g/mol. The molecule has 0 unspecified atom stereocenters. The maximum atomic E-state index is 13.8. The van der Waals surface area contributed by atoms with E-state index in [4.69, 9.17) is 21.9 Å². The highest BCUT2D eigenvalue weighted by atomic mass is 35.5. The summed E-state index contributed by atoms with van der Waals surface area (Å²) in [6.45, 7) is 2.07. The summed E-state index contributed by atoms with van der Waals surface area (Å²) in [5.74, 6) is -0.120. The minimum Gasteiger partial charge on any atom is -0.338 e. The van der Waals surface area contributed by atoms with E-state index >= 15 is 0 Å². The molecule has 17 heavy (non-hydrogen) atoms. The van der Waals surface area contributed by atoms with E-state index in [2.05, 4.69) is 10.1 Å². The van der Waals surface area contributed by atoms with Gasteiger partial charge in [-0.3, -0.25) is 0 Å². The molecule has 90 valence electrons. The molecule has 0 saturated heterocycles. The second-order valence-electron chi connectivity index (χ2n) is 3.51. The molecule has 0 aliphatic rings. The number of halogens is 2. The number of hydrogen-bond acceptors (Lipinski definition) is 4. The molecular formula is C11H11ClFN3O. The summed E-state index contributed by atoms with van der Waals surface area (Å²) in [5.41, 5.74) is 6.49. The molecule has 0 aliphatic heterocycles. The number of benzene rings is 1. The van der Waals surface area contributed by atoms with Crippen LogP contribution in [0.4, 0.5) is 4.39 Å². The van der Waals surface area contributed by atoms with Crippen LogP contribution in [0, 0.1) is 5.82 Å². The van der Waals surface area contributed by atoms with E-state index in [9.17, 15) is 4.39 Å². The van der Waals surface area contributed by atoms with Crippen LogP contribution in [0.3, 0.4) is 0 Å². The highest BCUT2D eigenvalue weighted by Crippen LogP contribution is 2.27. The Morgan fingerprint density at radius 3 is 2.82 bits per heavy atom. The first-order valence-electron chi connectivity index (χ1n) is 5.16. The Balaban J connectivity index is 2.53. The van der Waals surface area contributed by atoms with Crippen molar-refractivity contribution < 1.29 is 8.91 Å². The molecule has 2 aromatic rings. The van der Waals surface area contributed by atoms with Gasteiger partial charge in [0.1, 0.15) is 0 Å². The normalized spacial score (nSPS) is 10.8. The van der Waals surface area contributed by atoms with E-state index < -0.39 is 5.82 Å². The van der Waals surface area contributed by atoms with Gasteiger partial charge in [-0.1, -0.05) is 23.7 Å². The van der Waals surface area contributed by atoms with Crippen molar-refractivity contribution in [1.29, 1.82) is 0 Å². The second kappa shape index (κ2) is 4.81. The van der Waals surface area contributed by atoms with Crippen LogP contribution in [0.1, 0.15) is 18.4 Å². The van der Waals surface area contributed by atoms with Crippen LogP contribution >= 0.6 is 11.6 Å². The van der Waals surface area contributed by atoms with Gasteiger partial charge in [0, 0.05) is 0 Å². The molecule has 0 bridgehead atoms. The predicted octanol–water partition coefficient (Wildman–Crippen LogP) is 2.55. The van der Waals surface area contributed by atoms with Crippen LogP contribution in [0.25, 0.3) is 11.4 Å². The molecule has 4 nitrogen and oxygen atoms in total. The Kier molecular flexibility index (Phi) is 3.40. The minimum absolute atomic E-state index is 0.0541. The van der Waals surface area contributed by atoms with Crippen molar-refractivity contribution in [1.82, 2.24) is 10.1 Å². The zero-order valence-corrected chi connectivity index (χ0v) is 9.96. The molecule has 0 saturated carbocycles. The fraction of sp³-hybridized carbons (Fsp3) is 0.273. The van der Waals surface area contributed by atoms with Crippen molar-refractivity contribution in [2.24, 2.45) is 5.73 Å². The minimum atomic E-state index is -0.548. The van der Waals surface area contributed by atoms with Crippen LogP contribution in [-0.2, 0) is 13.0 Å². The molecule has 0 atom stereocenters. The van der Waals surface area contributed by atoms with Crippen LogP contribution < -0.4 is 5.73 Å². The van der Waals surface area contributed by atoms with Crippen molar-refractivity contribution in [3.8, 4) is 11.4 Å². The van der Waals surface area contributed by atoms with Crippen LogP contribution in [0.15, 0.2) is 16.7 Å². The van der Waals surface area contributed by atoms with E-state index in [-0.39, 0.29) is 28.8 Å². The van der Waals surface area contributed by atoms with E-state index in [1.165, 1.54) is 0 Å². The highest BCUT2D eigenvalue weighted by molar-refractivity contribution is 6.31. The summed E-state index contributed by atoms with van der Waals surface area (Å²) >= 11 is 5.80. The third-order valence-electron chi connectivity index (χ3n) is 2.38. The maximum absolute atomic E-state index is 13.8. The van der Waals surface area contributed by atoms with E-state index in [1.54, 1.807) is 12.1 Å². The lowest BCUT2D eigenvalue weighted by Crippen LogP contribution is -1.96. The molecule has 2 rings (SSSR count). The van der Waals surface area contributed by atoms with Crippen molar-refractivity contribution in [3.63, 3.8) is 0 Å². The van der Waals surface area contributed by atoms with Crippen molar-refractivity contribution in [2.75, 3.05) is 0 Å². The predicted molar refractivity (Wildman–Crippen MR) is 62.0 cm³/mol. The standard InChI is InChI=1S/C11H11ClFN3O/c1-2-6-3-7(10(13)8(12)4-6)11-15-9(5-14)17-16-11/h3-4H,2,5,14H2,1H3. The van der Waals surface area contributed by atoms with E-state index in [0.29, 0.717) is 0 Å². The third-order valence-corrected chi connectivity index (χ3v) is 2.65. The molecule has 1 aromatic heterocycles. The van der Waals surface area contributed by atoms with Crippen LogP contribution in [0.2, 0.25) is 5.02 Å². The molecule has 6 heteroatoms.